The lowest BCUT2D eigenvalue weighted by molar-refractivity contribution is -0.0219. The second-order valence-corrected chi connectivity index (χ2v) is 13.0. The van der Waals surface area contributed by atoms with Crippen molar-refractivity contribution in [3.63, 3.8) is 0 Å². The Bertz CT molecular complexity index is 1070. The van der Waals surface area contributed by atoms with E-state index in [9.17, 15) is 37.3 Å². The number of halogens is 2. The van der Waals surface area contributed by atoms with Gasteiger partial charge in [0.25, 0.3) is 5.56 Å². The van der Waals surface area contributed by atoms with E-state index in [4.69, 9.17) is 14.5 Å². The molecule has 1 saturated heterocycles. The standard InChI is InChI=1S/C11H17F2N2O11P3S/c1-6-4-15(10(17)14-9(6)16)8-3-2-7(25-8)5-24-29(23,30)26-28(21,22)11(12,13)27(18,19)20/h4,7-8H,2-3,5H2,1H3,(H,21,22)(H,23,30)(H,14,16,17)(H2,18,19,20)/t7-,8+,29?/m0/s1. The highest BCUT2D eigenvalue weighted by Crippen LogP contribution is 2.77. The molecule has 1 aliphatic heterocycles. The van der Waals surface area contributed by atoms with Crippen molar-refractivity contribution in [3.8, 4) is 0 Å². The van der Waals surface area contributed by atoms with Crippen molar-refractivity contribution in [1.82, 2.24) is 9.55 Å². The maximum Gasteiger partial charge on any atom is 0.444 e. The van der Waals surface area contributed by atoms with E-state index in [1.165, 1.54) is 13.1 Å². The van der Waals surface area contributed by atoms with Gasteiger partial charge in [-0.1, -0.05) is 0 Å². The Morgan fingerprint density at radius 2 is 1.90 bits per heavy atom. The number of aryl methyl sites for hydroxylation is 1. The molecule has 0 aromatic carbocycles. The Kier molecular flexibility index (Phi) is 7.45. The van der Waals surface area contributed by atoms with Crippen LogP contribution in [0.2, 0.25) is 0 Å². The van der Waals surface area contributed by atoms with Gasteiger partial charge in [-0.05, 0) is 31.6 Å². The quantitative estimate of drug-likeness (QED) is 0.304. The molecule has 13 nitrogen and oxygen atoms in total. The number of nitrogens with zero attached hydrogens (tertiary/aromatic N) is 1. The van der Waals surface area contributed by atoms with Crippen LogP contribution in [0.4, 0.5) is 8.78 Å². The lowest BCUT2D eigenvalue weighted by Crippen LogP contribution is -2.33. The zero-order valence-corrected chi connectivity index (χ0v) is 18.5. The van der Waals surface area contributed by atoms with Gasteiger partial charge >= 0.3 is 33.0 Å². The molecule has 0 spiro atoms. The first kappa shape index (κ1) is 25.6. The first-order valence-electron chi connectivity index (χ1n) is 7.89. The lowest BCUT2D eigenvalue weighted by Gasteiger charge is -2.26. The summed E-state index contributed by atoms with van der Waals surface area (Å²) in [4.78, 5) is 61.3. The Balaban J connectivity index is 2.02. The predicted octanol–water partition coefficient (Wildman–Crippen LogP) is 0.686. The van der Waals surface area contributed by atoms with Crippen LogP contribution in [0.15, 0.2) is 15.8 Å². The van der Waals surface area contributed by atoms with Gasteiger partial charge in [0.1, 0.15) is 6.23 Å². The van der Waals surface area contributed by atoms with Crippen LogP contribution in [0.3, 0.4) is 0 Å². The first-order valence-corrected chi connectivity index (χ1v) is 13.7. The van der Waals surface area contributed by atoms with Gasteiger partial charge in [0.05, 0.1) is 12.7 Å². The van der Waals surface area contributed by atoms with Gasteiger partial charge in [-0.2, -0.15) is 8.78 Å². The van der Waals surface area contributed by atoms with E-state index in [2.05, 4.69) is 25.6 Å². The van der Waals surface area contributed by atoms with Crippen molar-refractivity contribution in [2.45, 2.75) is 37.5 Å². The average Bonchev–Trinajstić information content (AvgIpc) is 3.03. The normalized spacial score (nSPS) is 24.4. The van der Waals surface area contributed by atoms with Crippen LogP contribution in [0.25, 0.3) is 0 Å². The third-order valence-corrected chi connectivity index (χ3v) is 9.89. The fourth-order valence-electron chi connectivity index (χ4n) is 2.37. The molecule has 1 aromatic rings. The summed E-state index contributed by atoms with van der Waals surface area (Å²) in [5.74, 6) is 0. The number of ether oxygens (including phenoxy) is 1. The molecule has 0 aliphatic carbocycles. The molecule has 0 radical (unpaired) electrons. The van der Waals surface area contributed by atoms with Crippen LogP contribution in [0, 0.1) is 6.92 Å². The molecule has 5 N–H and O–H groups in total. The Labute approximate surface area is 171 Å². The van der Waals surface area contributed by atoms with Crippen LogP contribution >= 0.6 is 21.9 Å². The highest BCUT2D eigenvalue weighted by Gasteiger charge is 2.66. The van der Waals surface area contributed by atoms with Crippen molar-refractivity contribution in [3.05, 3.63) is 32.6 Å². The number of aromatic amines is 1. The van der Waals surface area contributed by atoms with Crippen LogP contribution in [0.1, 0.15) is 24.6 Å². The van der Waals surface area contributed by atoms with E-state index in [1.54, 1.807) is 0 Å². The molecule has 2 rings (SSSR count). The third-order valence-electron chi connectivity index (χ3n) is 3.87. The van der Waals surface area contributed by atoms with Gasteiger partial charge in [-0.25, -0.2) is 9.11 Å². The zero-order valence-electron chi connectivity index (χ0n) is 15.0. The van der Waals surface area contributed by atoms with Crippen LogP contribution in [0.5, 0.6) is 0 Å². The van der Waals surface area contributed by atoms with Gasteiger partial charge < -0.3 is 28.8 Å². The maximum absolute atomic E-state index is 13.4. The van der Waals surface area contributed by atoms with E-state index in [0.717, 1.165) is 4.57 Å². The number of aromatic nitrogens is 2. The molecule has 2 heterocycles. The van der Waals surface area contributed by atoms with E-state index < -0.39 is 57.5 Å². The summed E-state index contributed by atoms with van der Waals surface area (Å²) in [6.45, 7) is -3.99. The van der Waals surface area contributed by atoms with Gasteiger partial charge in [0.2, 0.25) is 0 Å². The van der Waals surface area contributed by atoms with Crippen LogP contribution in [-0.4, -0.2) is 47.2 Å². The second kappa shape index (κ2) is 8.72. The molecule has 1 fully saturated rings. The number of rotatable bonds is 8. The summed E-state index contributed by atoms with van der Waals surface area (Å²) in [7, 11) is -12.8. The molecule has 2 unspecified atom stereocenters. The molecule has 0 amide bonds. The molecule has 4 atom stereocenters. The summed E-state index contributed by atoms with van der Waals surface area (Å²) >= 11 is 4.35. The minimum absolute atomic E-state index is 0.222. The molecule has 1 aliphatic rings. The number of hydrogen-bond acceptors (Lipinski definition) is 8. The van der Waals surface area contributed by atoms with Crippen LogP contribution in [-0.2, 0) is 34.5 Å². The predicted molar refractivity (Wildman–Crippen MR) is 99.6 cm³/mol. The van der Waals surface area contributed by atoms with E-state index in [1.807, 2.05) is 0 Å². The number of alkyl halides is 2. The molecule has 1 aromatic heterocycles. The van der Waals surface area contributed by atoms with Gasteiger partial charge in [0, 0.05) is 11.8 Å². The van der Waals surface area contributed by atoms with Gasteiger partial charge in [-0.3, -0.25) is 23.5 Å². The van der Waals surface area contributed by atoms with Crippen molar-refractivity contribution < 1.29 is 51.1 Å². The molecular weight excluding hydrogens is 499 g/mol. The van der Waals surface area contributed by atoms with Crippen molar-refractivity contribution in [1.29, 1.82) is 0 Å². The van der Waals surface area contributed by atoms with Crippen molar-refractivity contribution in [2.24, 2.45) is 0 Å². The molecular formula is C11H17F2N2O11P3S. The summed E-state index contributed by atoms with van der Waals surface area (Å²) < 4.78 is 64.2. The van der Waals surface area contributed by atoms with Crippen molar-refractivity contribution >= 4 is 33.7 Å². The summed E-state index contributed by atoms with van der Waals surface area (Å²) in [5, 5.41) is -5.52. The number of nitrogens with one attached hydrogen (secondary N) is 1. The molecule has 0 bridgehead atoms. The summed E-state index contributed by atoms with van der Waals surface area (Å²) in [5.41, 5.74) is -1.08. The van der Waals surface area contributed by atoms with Gasteiger partial charge in [0.15, 0.2) is 0 Å². The highest BCUT2D eigenvalue weighted by atomic mass is 32.5. The number of hydrogen-bond donors (Lipinski definition) is 5. The molecule has 30 heavy (non-hydrogen) atoms. The average molecular weight is 516 g/mol. The SMILES string of the molecule is Cc1cn([C@H]2CC[C@@H](COP(O)(=S)OP(=O)(O)C(F)(F)P(=O)(O)O)O2)c(=O)[nH]c1=O. The first-order chi connectivity index (χ1) is 13.5. The smallest absolute Gasteiger partial charge is 0.352 e. The molecule has 172 valence electrons. The Morgan fingerprint density at radius 1 is 1.30 bits per heavy atom. The second-order valence-electron chi connectivity index (χ2n) is 6.19. The molecule has 0 saturated carbocycles. The van der Waals surface area contributed by atoms with E-state index in [0.29, 0.717) is 0 Å². The summed E-state index contributed by atoms with van der Waals surface area (Å²) in [6, 6.07) is 0. The summed E-state index contributed by atoms with van der Waals surface area (Å²) in [6.07, 6.45) is 0.0547. The fraction of sp³-hybridized carbons (Fsp3) is 0.636. The third kappa shape index (κ3) is 5.59. The molecule has 19 heteroatoms. The largest absolute Gasteiger partial charge is 0.444 e. The topological polar surface area (TPSA) is 198 Å². The van der Waals surface area contributed by atoms with Crippen molar-refractivity contribution in [2.75, 3.05) is 6.61 Å². The Hall–Kier alpha value is -0.630. The van der Waals surface area contributed by atoms with E-state index in [-0.39, 0.29) is 18.4 Å². The van der Waals surface area contributed by atoms with E-state index >= 15 is 0 Å². The fourth-order valence-corrected chi connectivity index (χ4v) is 7.06. The minimum Gasteiger partial charge on any atom is -0.352 e. The Morgan fingerprint density at radius 3 is 2.47 bits per heavy atom. The number of H-pyrrole nitrogens is 1. The minimum atomic E-state index is -6.42. The maximum atomic E-state index is 13.4. The lowest BCUT2D eigenvalue weighted by atomic mass is 10.2. The monoisotopic (exact) mass is 516 g/mol. The van der Waals surface area contributed by atoms with Gasteiger partial charge in [-0.15, -0.1) is 0 Å². The zero-order chi connectivity index (χ0) is 23.1. The highest BCUT2D eigenvalue weighted by molar-refractivity contribution is 8.08. The van der Waals surface area contributed by atoms with Crippen LogP contribution < -0.4 is 11.2 Å².